The zero-order valence-corrected chi connectivity index (χ0v) is 16.0. The van der Waals surface area contributed by atoms with E-state index in [1.165, 1.54) is 12.3 Å². The quantitative estimate of drug-likeness (QED) is 0.517. The Labute approximate surface area is 171 Å². The number of carbonyl (C=O) groups excluding carboxylic acids is 1. The van der Waals surface area contributed by atoms with Crippen LogP contribution in [0.4, 0.5) is 8.78 Å². The van der Waals surface area contributed by atoms with Crippen LogP contribution in [-0.4, -0.2) is 27.6 Å². The Morgan fingerprint density at radius 1 is 1.13 bits per heavy atom. The van der Waals surface area contributed by atoms with Gasteiger partial charge in [-0.15, -0.1) is 0 Å². The van der Waals surface area contributed by atoms with E-state index in [2.05, 4.69) is 15.4 Å². The third-order valence-electron chi connectivity index (χ3n) is 4.65. The van der Waals surface area contributed by atoms with Crippen LogP contribution in [0.15, 0.2) is 66.9 Å². The van der Waals surface area contributed by atoms with Crippen molar-refractivity contribution in [2.24, 2.45) is 0 Å². The molecule has 2 heterocycles. The first-order valence-electron chi connectivity index (χ1n) is 9.20. The van der Waals surface area contributed by atoms with E-state index in [0.717, 1.165) is 10.1 Å². The number of rotatable bonds is 6. The van der Waals surface area contributed by atoms with E-state index in [4.69, 9.17) is 4.74 Å². The number of amides is 1. The molecule has 0 aliphatic heterocycles. The second-order valence-electron chi connectivity index (χ2n) is 6.56. The minimum absolute atomic E-state index is 0.0823. The number of fused-ring (bicyclic) bond motifs is 1. The molecule has 0 radical (unpaired) electrons. The summed E-state index contributed by atoms with van der Waals surface area (Å²) in [4.78, 5) is 17.2. The highest BCUT2D eigenvalue weighted by Gasteiger charge is 2.21. The number of ether oxygens (including phenoxy) is 1. The molecule has 0 atom stereocenters. The molecule has 0 saturated carbocycles. The molecule has 1 N–H and O–H groups in total. The molecule has 0 saturated heterocycles. The van der Waals surface area contributed by atoms with E-state index in [9.17, 15) is 13.6 Å². The number of halogens is 2. The molecular weight excluding hydrogens is 390 g/mol. The zero-order chi connectivity index (χ0) is 21.1. The van der Waals surface area contributed by atoms with Crippen LogP contribution in [0.2, 0.25) is 0 Å². The number of hydrogen-bond donors (Lipinski definition) is 1. The van der Waals surface area contributed by atoms with Crippen LogP contribution in [0.1, 0.15) is 28.0 Å². The minimum Gasteiger partial charge on any atom is -0.497 e. The molecule has 4 aromatic rings. The van der Waals surface area contributed by atoms with Crippen LogP contribution in [0, 0.1) is 0 Å². The average Bonchev–Trinajstić information content (AvgIpc) is 3.21. The maximum atomic E-state index is 13.6. The van der Waals surface area contributed by atoms with Crippen molar-refractivity contribution >= 4 is 11.6 Å². The van der Waals surface area contributed by atoms with Crippen LogP contribution < -0.4 is 10.1 Å². The molecule has 0 aliphatic rings. The average molecular weight is 408 g/mol. The standard InChI is InChI=1S/C22H18F2N4O2/c1-30-16-9-7-14(8-10-16)12-25-22(29)17-13-26-28-19(20(23)24)11-18(27-21(17)28)15-5-3-2-4-6-15/h2-11,13,20H,12H2,1H3,(H,25,29). The molecular formula is C22H18F2N4O2. The highest BCUT2D eigenvalue weighted by molar-refractivity contribution is 5.99. The number of nitrogens with one attached hydrogen (secondary N) is 1. The lowest BCUT2D eigenvalue weighted by atomic mass is 10.1. The normalized spacial score (nSPS) is 11.1. The number of hydrogen-bond acceptors (Lipinski definition) is 4. The Balaban J connectivity index is 1.66. The van der Waals surface area contributed by atoms with Gasteiger partial charge in [-0.2, -0.15) is 5.10 Å². The molecule has 0 spiro atoms. The number of aromatic nitrogens is 3. The molecule has 8 heteroatoms. The first-order valence-corrected chi connectivity index (χ1v) is 9.20. The van der Waals surface area contributed by atoms with Crippen molar-refractivity contribution < 1.29 is 18.3 Å². The first kappa shape index (κ1) is 19.5. The van der Waals surface area contributed by atoms with Gasteiger partial charge in [0, 0.05) is 12.1 Å². The molecule has 0 fully saturated rings. The third-order valence-corrected chi connectivity index (χ3v) is 4.65. The highest BCUT2D eigenvalue weighted by Crippen LogP contribution is 2.26. The van der Waals surface area contributed by atoms with Gasteiger partial charge in [-0.1, -0.05) is 42.5 Å². The summed E-state index contributed by atoms with van der Waals surface area (Å²) in [6, 6.07) is 17.5. The van der Waals surface area contributed by atoms with Crippen molar-refractivity contribution in [3.8, 4) is 17.0 Å². The molecule has 152 valence electrons. The third kappa shape index (κ3) is 3.84. The van der Waals surface area contributed by atoms with E-state index in [1.54, 1.807) is 43.5 Å². The lowest BCUT2D eigenvalue weighted by molar-refractivity contribution is 0.0952. The Morgan fingerprint density at radius 2 is 1.87 bits per heavy atom. The van der Waals surface area contributed by atoms with Gasteiger partial charge in [-0.3, -0.25) is 4.79 Å². The maximum absolute atomic E-state index is 13.6. The predicted molar refractivity (Wildman–Crippen MR) is 108 cm³/mol. The fraction of sp³-hybridized carbons (Fsp3) is 0.136. The van der Waals surface area contributed by atoms with Gasteiger partial charge in [0.15, 0.2) is 5.65 Å². The summed E-state index contributed by atoms with van der Waals surface area (Å²) >= 11 is 0. The molecule has 0 bridgehead atoms. The Hall–Kier alpha value is -3.81. The van der Waals surface area contributed by atoms with Gasteiger partial charge in [-0.05, 0) is 23.8 Å². The molecule has 0 aliphatic carbocycles. The van der Waals surface area contributed by atoms with Gasteiger partial charge in [0.25, 0.3) is 12.3 Å². The van der Waals surface area contributed by atoms with E-state index in [0.29, 0.717) is 17.0 Å². The van der Waals surface area contributed by atoms with Crippen molar-refractivity contribution in [3.63, 3.8) is 0 Å². The first-order chi connectivity index (χ1) is 14.6. The zero-order valence-electron chi connectivity index (χ0n) is 16.0. The fourth-order valence-corrected chi connectivity index (χ4v) is 3.08. The summed E-state index contributed by atoms with van der Waals surface area (Å²) in [5, 5.41) is 6.75. The van der Waals surface area contributed by atoms with Crippen molar-refractivity contribution in [1.82, 2.24) is 19.9 Å². The van der Waals surface area contributed by atoms with Gasteiger partial charge >= 0.3 is 0 Å². The van der Waals surface area contributed by atoms with Crippen molar-refractivity contribution in [3.05, 3.63) is 83.7 Å². The Morgan fingerprint density at radius 3 is 2.53 bits per heavy atom. The Kier molecular flexibility index (Phi) is 5.38. The second kappa shape index (κ2) is 8.28. The summed E-state index contributed by atoms with van der Waals surface area (Å²) in [5.41, 5.74) is 1.78. The van der Waals surface area contributed by atoms with Gasteiger partial charge < -0.3 is 10.1 Å². The number of carbonyl (C=O) groups is 1. The smallest absolute Gasteiger partial charge is 0.280 e. The topological polar surface area (TPSA) is 68.5 Å². The molecule has 0 unspecified atom stereocenters. The van der Waals surface area contributed by atoms with Gasteiger partial charge in [0.2, 0.25) is 0 Å². The summed E-state index contributed by atoms with van der Waals surface area (Å²) in [6.45, 7) is 0.264. The summed E-state index contributed by atoms with van der Waals surface area (Å²) < 4.78 is 33.4. The van der Waals surface area contributed by atoms with E-state index >= 15 is 0 Å². The molecule has 30 heavy (non-hydrogen) atoms. The van der Waals surface area contributed by atoms with Gasteiger partial charge in [-0.25, -0.2) is 18.3 Å². The van der Waals surface area contributed by atoms with E-state index < -0.39 is 12.3 Å². The van der Waals surface area contributed by atoms with Gasteiger partial charge in [0.05, 0.1) is 19.0 Å². The van der Waals surface area contributed by atoms with E-state index in [-0.39, 0.29) is 23.4 Å². The largest absolute Gasteiger partial charge is 0.497 e. The fourth-order valence-electron chi connectivity index (χ4n) is 3.08. The number of alkyl halides is 2. The number of nitrogens with zero attached hydrogens (tertiary/aromatic N) is 3. The highest BCUT2D eigenvalue weighted by atomic mass is 19.3. The maximum Gasteiger partial charge on any atom is 0.280 e. The molecule has 4 rings (SSSR count). The summed E-state index contributed by atoms with van der Waals surface area (Å²) in [7, 11) is 1.58. The van der Waals surface area contributed by atoms with Crippen molar-refractivity contribution in [1.29, 1.82) is 0 Å². The molecule has 2 aromatic heterocycles. The molecule has 1 amide bonds. The van der Waals surface area contributed by atoms with Crippen LogP contribution in [-0.2, 0) is 6.54 Å². The SMILES string of the molecule is COc1ccc(CNC(=O)c2cnn3c(C(F)F)cc(-c4ccccc4)nc23)cc1. The van der Waals surface area contributed by atoms with Crippen LogP contribution in [0.5, 0.6) is 5.75 Å². The molecule has 2 aromatic carbocycles. The molecule has 6 nitrogen and oxygen atoms in total. The summed E-state index contributed by atoms with van der Waals surface area (Å²) in [5.74, 6) is 0.267. The van der Waals surface area contributed by atoms with E-state index in [1.807, 2.05) is 18.2 Å². The number of benzene rings is 2. The predicted octanol–water partition coefficient (Wildman–Crippen LogP) is 4.27. The lowest BCUT2D eigenvalue weighted by Gasteiger charge is -2.09. The van der Waals surface area contributed by atoms with Gasteiger partial charge in [0.1, 0.15) is 17.0 Å². The second-order valence-corrected chi connectivity index (χ2v) is 6.56. The summed E-state index contributed by atoms with van der Waals surface area (Å²) in [6.07, 6.45) is -1.51. The van der Waals surface area contributed by atoms with Crippen LogP contribution in [0.25, 0.3) is 16.9 Å². The van der Waals surface area contributed by atoms with Crippen molar-refractivity contribution in [2.75, 3.05) is 7.11 Å². The number of methoxy groups -OCH3 is 1. The van der Waals surface area contributed by atoms with Crippen LogP contribution in [0.3, 0.4) is 0 Å². The minimum atomic E-state index is -2.77. The monoisotopic (exact) mass is 408 g/mol. The lowest BCUT2D eigenvalue weighted by Crippen LogP contribution is -2.23. The van der Waals surface area contributed by atoms with Crippen molar-refractivity contribution in [2.45, 2.75) is 13.0 Å². The Bertz CT molecular complexity index is 1180. The van der Waals surface area contributed by atoms with Crippen LogP contribution >= 0.6 is 0 Å².